The summed E-state index contributed by atoms with van der Waals surface area (Å²) in [5.74, 6) is -0.653. The van der Waals surface area contributed by atoms with Crippen molar-refractivity contribution >= 4 is 40.8 Å². The number of ether oxygens (including phenoxy) is 1. The summed E-state index contributed by atoms with van der Waals surface area (Å²) in [5.41, 5.74) is 2.36. The smallest absolute Gasteiger partial charge is 0.338 e. The van der Waals surface area contributed by atoms with Crippen molar-refractivity contribution in [1.29, 1.82) is 0 Å². The predicted octanol–water partition coefficient (Wildman–Crippen LogP) is 5.41. The zero-order chi connectivity index (χ0) is 20.8. The van der Waals surface area contributed by atoms with Crippen LogP contribution in [-0.4, -0.2) is 23.5 Å². The van der Waals surface area contributed by atoms with E-state index in [0.29, 0.717) is 40.0 Å². The molecule has 0 aliphatic carbocycles. The Morgan fingerprint density at radius 3 is 2.21 bits per heavy atom. The van der Waals surface area contributed by atoms with E-state index in [1.807, 2.05) is 12.1 Å². The summed E-state index contributed by atoms with van der Waals surface area (Å²) in [6, 6.07) is 15.1. The molecule has 3 rings (SSSR count). The number of aromatic nitrogens is 1. The van der Waals surface area contributed by atoms with Crippen LogP contribution in [0.15, 0.2) is 67.0 Å². The van der Waals surface area contributed by atoms with Crippen LogP contribution < -0.4 is 4.90 Å². The largest absolute Gasteiger partial charge is 0.462 e. The number of hydrogen-bond acceptors (Lipinski definition) is 4. The van der Waals surface area contributed by atoms with E-state index in [1.165, 1.54) is 0 Å². The summed E-state index contributed by atoms with van der Waals surface area (Å²) < 4.78 is 5.01. The van der Waals surface area contributed by atoms with E-state index in [-0.39, 0.29) is 5.91 Å². The van der Waals surface area contributed by atoms with Crippen molar-refractivity contribution in [3.05, 3.63) is 93.7 Å². The zero-order valence-electron chi connectivity index (χ0n) is 15.6. The molecule has 0 atom stereocenters. The first-order valence-electron chi connectivity index (χ1n) is 8.92. The molecule has 0 N–H and O–H groups in total. The van der Waals surface area contributed by atoms with Crippen LogP contribution in [0.4, 0.5) is 5.69 Å². The number of hydrogen-bond donors (Lipinski definition) is 0. The Bertz CT molecular complexity index is 1010. The molecule has 1 amide bonds. The Hall–Kier alpha value is -2.89. The number of rotatable bonds is 6. The van der Waals surface area contributed by atoms with E-state index in [9.17, 15) is 9.59 Å². The van der Waals surface area contributed by atoms with E-state index in [2.05, 4.69) is 4.98 Å². The van der Waals surface area contributed by atoms with Crippen molar-refractivity contribution < 1.29 is 14.3 Å². The van der Waals surface area contributed by atoms with Crippen LogP contribution in [0.1, 0.15) is 33.2 Å². The van der Waals surface area contributed by atoms with Gasteiger partial charge in [-0.05, 0) is 67.1 Å². The summed E-state index contributed by atoms with van der Waals surface area (Å²) in [7, 11) is 0. The molecule has 0 fully saturated rings. The second-order valence-electron chi connectivity index (χ2n) is 6.14. The van der Waals surface area contributed by atoms with E-state index in [4.69, 9.17) is 27.9 Å². The first-order valence-corrected chi connectivity index (χ1v) is 9.68. The van der Waals surface area contributed by atoms with Crippen LogP contribution in [-0.2, 0) is 11.3 Å². The Kier molecular flexibility index (Phi) is 6.86. The predicted molar refractivity (Wildman–Crippen MR) is 114 cm³/mol. The van der Waals surface area contributed by atoms with Crippen molar-refractivity contribution in [3.8, 4) is 0 Å². The molecule has 0 bridgehead atoms. The van der Waals surface area contributed by atoms with Gasteiger partial charge in [0.15, 0.2) is 0 Å². The summed E-state index contributed by atoms with van der Waals surface area (Å²) >= 11 is 12.1. The number of nitrogens with zero attached hydrogens (tertiary/aromatic N) is 2. The monoisotopic (exact) mass is 428 g/mol. The molecule has 7 heteroatoms. The fourth-order valence-corrected chi connectivity index (χ4v) is 3.03. The van der Waals surface area contributed by atoms with Crippen molar-refractivity contribution in [1.82, 2.24) is 4.98 Å². The van der Waals surface area contributed by atoms with Gasteiger partial charge in [-0.1, -0.05) is 23.2 Å². The van der Waals surface area contributed by atoms with Crippen LogP contribution in [0, 0.1) is 0 Å². The van der Waals surface area contributed by atoms with Gasteiger partial charge in [-0.2, -0.15) is 0 Å². The fraction of sp³-hybridized carbons (Fsp3) is 0.136. The lowest BCUT2D eigenvalue weighted by Gasteiger charge is -2.23. The van der Waals surface area contributed by atoms with Gasteiger partial charge in [0.05, 0.1) is 28.8 Å². The maximum Gasteiger partial charge on any atom is 0.338 e. The Morgan fingerprint density at radius 2 is 1.59 bits per heavy atom. The highest BCUT2D eigenvalue weighted by molar-refractivity contribution is 6.42. The molecule has 0 unspecified atom stereocenters. The molecule has 0 saturated carbocycles. The normalized spacial score (nSPS) is 10.4. The second-order valence-corrected chi connectivity index (χ2v) is 6.96. The van der Waals surface area contributed by atoms with Crippen LogP contribution in [0.3, 0.4) is 0 Å². The van der Waals surface area contributed by atoms with E-state index in [0.717, 1.165) is 5.56 Å². The van der Waals surface area contributed by atoms with Gasteiger partial charge in [-0.3, -0.25) is 9.78 Å². The molecular weight excluding hydrogens is 411 g/mol. The number of pyridine rings is 1. The summed E-state index contributed by atoms with van der Waals surface area (Å²) in [5, 5.41) is 0.682. The van der Waals surface area contributed by atoms with Crippen LogP contribution in [0.5, 0.6) is 0 Å². The Morgan fingerprint density at radius 1 is 0.931 bits per heavy atom. The third kappa shape index (κ3) is 5.13. The number of esters is 1. The maximum absolute atomic E-state index is 13.3. The minimum atomic E-state index is -0.407. The van der Waals surface area contributed by atoms with Crippen molar-refractivity contribution in [3.63, 3.8) is 0 Å². The maximum atomic E-state index is 13.3. The molecule has 0 aliphatic rings. The SMILES string of the molecule is CCOC(=O)c1ccc(N(Cc2ccncc2)C(=O)c2ccc(Cl)c(Cl)c2)cc1. The lowest BCUT2D eigenvalue weighted by atomic mass is 10.1. The molecule has 29 heavy (non-hydrogen) atoms. The van der Waals surface area contributed by atoms with E-state index < -0.39 is 5.97 Å². The summed E-state index contributed by atoms with van der Waals surface area (Å²) in [4.78, 5) is 30.8. The third-order valence-electron chi connectivity index (χ3n) is 4.19. The number of amides is 1. The minimum Gasteiger partial charge on any atom is -0.462 e. The van der Waals surface area contributed by atoms with Crippen LogP contribution in [0.2, 0.25) is 10.0 Å². The molecule has 3 aromatic rings. The Balaban J connectivity index is 1.95. The van der Waals surface area contributed by atoms with Crippen molar-refractivity contribution in [2.45, 2.75) is 13.5 Å². The average Bonchev–Trinajstić information content (AvgIpc) is 2.74. The van der Waals surface area contributed by atoms with Gasteiger partial charge in [0.2, 0.25) is 0 Å². The molecular formula is C22H18Cl2N2O3. The van der Waals surface area contributed by atoms with Gasteiger partial charge < -0.3 is 9.64 Å². The van der Waals surface area contributed by atoms with Gasteiger partial charge in [0.1, 0.15) is 0 Å². The second kappa shape index (κ2) is 9.54. The standard InChI is InChI=1S/C22H18Cl2N2O3/c1-2-29-22(28)16-3-6-18(7-4-16)26(14-15-9-11-25-12-10-15)21(27)17-5-8-19(23)20(24)13-17/h3-13H,2,14H2,1H3. The number of carbonyl (C=O) groups is 2. The zero-order valence-corrected chi connectivity index (χ0v) is 17.2. The average molecular weight is 429 g/mol. The third-order valence-corrected chi connectivity index (χ3v) is 4.93. The highest BCUT2D eigenvalue weighted by Gasteiger charge is 2.20. The lowest BCUT2D eigenvalue weighted by Crippen LogP contribution is -2.30. The molecule has 0 saturated heterocycles. The summed E-state index contributed by atoms with van der Waals surface area (Å²) in [6.45, 7) is 2.36. The fourth-order valence-electron chi connectivity index (χ4n) is 2.73. The highest BCUT2D eigenvalue weighted by atomic mass is 35.5. The van der Waals surface area contributed by atoms with E-state index in [1.54, 1.807) is 66.7 Å². The number of benzene rings is 2. The van der Waals surface area contributed by atoms with Crippen molar-refractivity contribution in [2.24, 2.45) is 0 Å². The van der Waals surface area contributed by atoms with Gasteiger partial charge >= 0.3 is 5.97 Å². The number of anilines is 1. The quantitative estimate of drug-likeness (QED) is 0.492. The number of carbonyl (C=O) groups excluding carboxylic acids is 2. The molecule has 2 aromatic carbocycles. The van der Waals surface area contributed by atoms with Gasteiger partial charge in [-0.25, -0.2) is 4.79 Å². The topological polar surface area (TPSA) is 59.5 Å². The molecule has 148 valence electrons. The van der Waals surface area contributed by atoms with Gasteiger partial charge in [-0.15, -0.1) is 0 Å². The van der Waals surface area contributed by atoms with Gasteiger partial charge in [0.25, 0.3) is 5.91 Å². The van der Waals surface area contributed by atoms with Gasteiger partial charge in [0, 0.05) is 23.6 Å². The van der Waals surface area contributed by atoms with Crippen LogP contribution in [0.25, 0.3) is 0 Å². The molecule has 0 radical (unpaired) electrons. The highest BCUT2D eigenvalue weighted by Crippen LogP contribution is 2.26. The first kappa shape index (κ1) is 20.8. The Labute approximate surface area is 178 Å². The molecule has 1 aromatic heterocycles. The molecule has 1 heterocycles. The lowest BCUT2D eigenvalue weighted by molar-refractivity contribution is 0.0526. The van der Waals surface area contributed by atoms with Crippen molar-refractivity contribution in [2.75, 3.05) is 11.5 Å². The summed E-state index contributed by atoms with van der Waals surface area (Å²) in [6.07, 6.45) is 3.34. The molecule has 0 spiro atoms. The number of halogens is 2. The minimum absolute atomic E-state index is 0.246. The molecule has 0 aliphatic heterocycles. The van der Waals surface area contributed by atoms with Crippen LogP contribution >= 0.6 is 23.2 Å². The van der Waals surface area contributed by atoms with E-state index >= 15 is 0 Å². The molecule has 5 nitrogen and oxygen atoms in total. The first-order chi connectivity index (χ1) is 14.0.